The van der Waals surface area contributed by atoms with E-state index in [9.17, 15) is 4.79 Å². The Morgan fingerprint density at radius 1 is 1.31 bits per heavy atom. The van der Waals surface area contributed by atoms with E-state index in [2.05, 4.69) is 17.6 Å². The molecular weight excluding hydrogens is 200 g/mol. The Morgan fingerprint density at radius 3 is 2.62 bits per heavy atom. The number of nitrogens with one attached hydrogen (secondary N) is 2. The second-order valence-electron chi connectivity index (χ2n) is 3.82. The van der Waals surface area contributed by atoms with Crippen LogP contribution < -0.4 is 10.6 Å². The normalized spacial score (nSPS) is 9.94. The summed E-state index contributed by atoms with van der Waals surface area (Å²) in [6, 6.07) is 5.74. The van der Waals surface area contributed by atoms with Crippen molar-refractivity contribution >= 4 is 11.6 Å². The first kappa shape index (κ1) is 12.6. The van der Waals surface area contributed by atoms with Gasteiger partial charge in [0.2, 0.25) is 0 Å². The SMILES string of the molecule is CCCNc1ccc(C(=O)NCC)cc1C. The Morgan fingerprint density at radius 2 is 2.06 bits per heavy atom. The summed E-state index contributed by atoms with van der Waals surface area (Å²) in [4.78, 5) is 11.6. The van der Waals surface area contributed by atoms with Crippen molar-refractivity contribution in [3.05, 3.63) is 29.3 Å². The average molecular weight is 220 g/mol. The minimum atomic E-state index is -0.00681. The Kier molecular flexibility index (Phi) is 4.83. The number of anilines is 1. The molecule has 0 atom stereocenters. The largest absolute Gasteiger partial charge is 0.385 e. The summed E-state index contributed by atoms with van der Waals surface area (Å²) in [5.41, 5.74) is 2.94. The van der Waals surface area contributed by atoms with Crippen molar-refractivity contribution in [1.82, 2.24) is 5.32 Å². The van der Waals surface area contributed by atoms with E-state index in [0.717, 1.165) is 29.8 Å². The minimum Gasteiger partial charge on any atom is -0.385 e. The number of amides is 1. The van der Waals surface area contributed by atoms with E-state index in [1.165, 1.54) is 0 Å². The first-order valence-corrected chi connectivity index (χ1v) is 5.81. The van der Waals surface area contributed by atoms with Crippen molar-refractivity contribution in [2.45, 2.75) is 27.2 Å². The lowest BCUT2D eigenvalue weighted by Crippen LogP contribution is -2.22. The molecule has 0 unspecified atom stereocenters. The molecule has 88 valence electrons. The van der Waals surface area contributed by atoms with E-state index >= 15 is 0 Å². The lowest BCUT2D eigenvalue weighted by molar-refractivity contribution is 0.0956. The summed E-state index contributed by atoms with van der Waals surface area (Å²) in [5, 5.41) is 6.12. The third kappa shape index (κ3) is 3.26. The molecule has 1 aromatic carbocycles. The van der Waals surface area contributed by atoms with E-state index in [1.54, 1.807) is 0 Å². The molecule has 0 fully saturated rings. The minimum absolute atomic E-state index is 0.00681. The van der Waals surface area contributed by atoms with Crippen LogP contribution in [0.5, 0.6) is 0 Å². The molecule has 0 radical (unpaired) electrons. The van der Waals surface area contributed by atoms with E-state index in [4.69, 9.17) is 0 Å². The van der Waals surface area contributed by atoms with Crippen LogP contribution >= 0.6 is 0 Å². The molecule has 0 spiro atoms. The maximum atomic E-state index is 11.6. The van der Waals surface area contributed by atoms with Crippen LogP contribution in [-0.4, -0.2) is 19.0 Å². The van der Waals surface area contributed by atoms with Gasteiger partial charge in [-0.05, 0) is 44.0 Å². The predicted molar refractivity (Wildman–Crippen MR) is 68.0 cm³/mol. The molecular formula is C13H20N2O. The van der Waals surface area contributed by atoms with Crippen LogP contribution in [0.1, 0.15) is 36.2 Å². The molecule has 2 N–H and O–H groups in total. The summed E-state index contributed by atoms with van der Waals surface area (Å²) < 4.78 is 0. The predicted octanol–water partition coefficient (Wildman–Crippen LogP) is 2.57. The average Bonchev–Trinajstić information content (AvgIpc) is 2.27. The monoisotopic (exact) mass is 220 g/mol. The van der Waals surface area contributed by atoms with Gasteiger partial charge in [0.05, 0.1) is 0 Å². The third-order valence-electron chi connectivity index (χ3n) is 2.39. The fourth-order valence-corrected chi connectivity index (χ4v) is 1.53. The molecule has 0 saturated carbocycles. The van der Waals surface area contributed by atoms with E-state index in [1.807, 2.05) is 32.0 Å². The van der Waals surface area contributed by atoms with Gasteiger partial charge < -0.3 is 10.6 Å². The van der Waals surface area contributed by atoms with E-state index in [-0.39, 0.29) is 5.91 Å². The molecule has 3 nitrogen and oxygen atoms in total. The third-order valence-corrected chi connectivity index (χ3v) is 2.39. The Bertz CT molecular complexity index is 361. The maximum Gasteiger partial charge on any atom is 0.251 e. The smallest absolute Gasteiger partial charge is 0.251 e. The van der Waals surface area contributed by atoms with Crippen LogP contribution in [0.4, 0.5) is 5.69 Å². The van der Waals surface area contributed by atoms with Crippen molar-refractivity contribution in [3.8, 4) is 0 Å². The highest BCUT2D eigenvalue weighted by Gasteiger charge is 2.05. The molecule has 0 aromatic heterocycles. The number of rotatable bonds is 5. The van der Waals surface area contributed by atoms with Gasteiger partial charge >= 0.3 is 0 Å². The first-order valence-electron chi connectivity index (χ1n) is 5.81. The summed E-state index contributed by atoms with van der Waals surface area (Å²) >= 11 is 0. The van der Waals surface area contributed by atoms with Crippen LogP contribution in [0.25, 0.3) is 0 Å². The van der Waals surface area contributed by atoms with Crippen molar-refractivity contribution in [2.24, 2.45) is 0 Å². The zero-order chi connectivity index (χ0) is 12.0. The molecule has 0 saturated heterocycles. The first-order chi connectivity index (χ1) is 7.69. The van der Waals surface area contributed by atoms with Crippen LogP contribution in [0.15, 0.2) is 18.2 Å². The van der Waals surface area contributed by atoms with Crippen molar-refractivity contribution in [1.29, 1.82) is 0 Å². The number of carbonyl (C=O) groups excluding carboxylic acids is 1. The molecule has 0 aliphatic rings. The van der Waals surface area contributed by atoms with Crippen LogP contribution in [-0.2, 0) is 0 Å². The summed E-state index contributed by atoms with van der Waals surface area (Å²) in [7, 11) is 0. The second kappa shape index (κ2) is 6.16. The number of hydrogen-bond acceptors (Lipinski definition) is 2. The number of hydrogen-bond donors (Lipinski definition) is 2. The maximum absolute atomic E-state index is 11.6. The van der Waals surface area contributed by atoms with Crippen molar-refractivity contribution in [2.75, 3.05) is 18.4 Å². The standard InChI is InChI=1S/C13H20N2O/c1-4-8-15-12-7-6-11(9-10(12)3)13(16)14-5-2/h6-7,9,15H,4-5,8H2,1-3H3,(H,14,16). The molecule has 16 heavy (non-hydrogen) atoms. The summed E-state index contributed by atoms with van der Waals surface area (Å²) in [6.07, 6.45) is 1.09. The second-order valence-corrected chi connectivity index (χ2v) is 3.82. The number of benzene rings is 1. The van der Waals surface area contributed by atoms with Crippen LogP contribution in [0.3, 0.4) is 0 Å². The van der Waals surface area contributed by atoms with Gasteiger partial charge in [-0.1, -0.05) is 6.92 Å². The van der Waals surface area contributed by atoms with Crippen molar-refractivity contribution in [3.63, 3.8) is 0 Å². The van der Waals surface area contributed by atoms with Gasteiger partial charge in [-0.15, -0.1) is 0 Å². The Labute approximate surface area is 97.2 Å². The van der Waals surface area contributed by atoms with Gasteiger partial charge in [0.1, 0.15) is 0 Å². The van der Waals surface area contributed by atoms with Gasteiger partial charge in [-0.25, -0.2) is 0 Å². The van der Waals surface area contributed by atoms with Gasteiger partial charge in [-0.3, -0.25) is 4.79 Å². The fraction of sp³-hybridized carbons (Fsp3) is 0.462. The molecule has 3 heteroatoms. The van der Waals surface area contributed by atoms with Crippen LogP contribution in [0.2, 0.25) is 0 Å². The summed E-state index contributed by atoms with van der Waals surface area (Å²) in [6.45, 7) is 7.68. The van der Waals surface area contributed by atoms with Gasteiger partial charge in [0.25, 0.3) is 5.91 Å². The zero-order valence-electron chi connectivity index (χ0n) is 10.3. The number of aryl methyl sites for hydroxylation is 1. The van der Waals surface area contributed by atoms with Crippen LogP contribution in [0, 0.1) is 6.92 Å². The highest BCUT2D eigenvalue weighted by Crippen LogP contribution is 2.16. The van der Waals surface area contributed by atoms with Gasteiger partial charge in [0, 0.05) is 24.3 Å². The van der Waals surface area contributed by atoms with Gasteiger partial charge in [0.15, 0.2) is 0 Å². The number of carbonyl (C=O) groups is 1. The summed E-state index contributed by atoms with van der Waals surface area (Å²) in [5.74, 6) is -0.00681. The molecule has 0 aliphatic carbocycles. The molecule has 0 aliphatic heterocycles. The lowest BCUT2D eigenvalue weighted by atomic mass is 10.1. The van der Waals surface area contributed by atoms with Crippen molar-refractivity contribution < 1.29 is 4.79 Å². The van der Waals surface area contributed by atoms with E-state index < -0.39 is 0 Å². The Balaban J connectivity index is 2.78. The lowest BCUT2D eigenvalue weighted by Gasteiger charge is -2.10. The Hall–Kier alpha value is -1.51. The highest BCUT2D eigenvalue weighted by molar-refractivity contribution is 5.94. The highest BCUT2D eigenvalue weighted by atomic mass is 16.1. The fourth-order valence-electron chi connectivity index (χ4n) is 1.53. The molecule has 0 heterocycles. The van der Waals surface area contributed by atoms with Gasteiger partial charge in [-0.2, -0.15) is 0 Å². The quantitative estimate of drug-likeness (QED) is 0.800. The molecule has 0 bridgehead atoms. The molecule has 1 rings (SSSR count). The van der Waals surface area contributed by atoms with E-state index in [0.29, 0.717) is 6.54 Å². The molecule has 1 aromatic rings. The molecule has 1 amide bonds. The zero-order valence-corrected chi connectivity index (χ0v) is 10.3. The topological polar surface area (TPSA) is 41.1 Å².